The monoisotopic (exact) mass is 230 g/mol. The van der Waals surface area contributed by atoms with Gasteiger partial charge in [0.1, 0.15) is 11.8 Å². The molecule has 0 radical (unpaired) electrons. The number of esters is 1. The quantitative estimate of drug-likeness (QED) is 0.728. The largest absolute Gasteiger partial charge is 0.465 e. The molecule has 6 heteroatoms. The fourth-order valence-electron chi connectivity index (χ4n) is 0.920. The molecule has 1 aromatic rings. The summed E-state index contributed by atoms with van der Waals surface area (Å²) >= 11 is 1.51. The summed E-state index contributed by atoms with van der Waals surface area (Å²) in [6, 6.07) is 1.21. The van der Waals surface area contributed by atoms with Gasteiger partial charge in [0.2, 0.25) is 0 Å². The predicted molar refractivity (Wildman–Crippen MR) is 57.3 cm³/mol. The first-order chi connectivity index (χ1) is 7.24. The Bertz CT molecular complexity index is 290. The number of aromatic nitrogens is 1. The van der Waals surface area contributed by atoms with Gasteiger partial charge in [0.25, 0.3) is 0 Å². The highest BCUT2D eigenvalue weighted by Crippen LogP contribution is 2.12. The molecule has 15 heavy (non-hydrogen) atoms. The average molecular weight is 230 g/mol. The number of ether oxygens (including phenoxy) is 1. The third-order valence-corrected chi connectivity index (χ3v) is 2.71. The van der Waals surface area contributed by atoms with Crippen molar-refractivity contribution in [3.05, 3.63) is 18.0 Å². The Balaban J connectivity index is 2.17. The van der Waals surface area contributed by atoms with Crippen molar-refractivity contribution in [3.8, 4) is 0 Å². The van der Waals surface area contributed by atoms with Crippen LogP contribution in [0.5, 0.6) is 0 Å². The molecule has 0 aromatic carbocycles. The molecule has 1 aromatic heterocycles. The molecule has 1 rings (SSSR count). The summed E-state index contributed by atoms with van der Waals surface area (Å²) in [4.78, 5) is 11.1. The van der Waals surface area contributed by atoms with E-state index in [-0.39, 0.29) is 5.97 Å². The number of hydrogen-bond donors (Lipinski definition) is 1. The van der Waals surface area contributed by atoms with Gasteiger partial charge in [-0.15, -0.1) is 0 Å². The van der Waals surface area contributed by atoms with Crippen molar-refractivity contribution in [3.63, 3.8) is 0 Å². The van der Waals surface area contributed by atoms with E-state index in [1.54, 1.807) is 19.2 Å². The lowest BCUT2D eigenvalue weighted by Crippen LogP contribution is -2.34. The summed E-state index contributed by atoms with van der Waals surface area (Å²) in [5.74, 6) is 1.59. The number of carbonyl (C=O) groups is 1. The van der Waals surface area contributed by atoms with Crippen LogP contribution in [0.25, 0.3) is 0 Å². The molecule has 84 valence electrons. The van der Waals surface area contributed by atoms with Gasteiger partial charge in [-0.3, -0.25) is 4.79 Å². The Hall–Kier alpha value is -1.01. The smallest absolute Gasteiger partial charge is 0.323 e. The summed E-state index contributed by atoms with van der Waals surface area (Å²) in [5, 5.41) is 3.57. The van der Waals surface area contributed by atoms with Crippen LogP contribution in [-0.4, -0.2) is 29.5 Å². The summed E-state index contributed by atoms with van der Waals surface area (Å²) in [5.41, 5.74) is 5.60. The molecule has 0 aliphatic heterocycles. The summed E-state index contributed by atoms with van der Waals surface area (Å²) in [7, 11) is 0. The van der Waals surface area contributed by atoms with Gasteiger partial charge in [0.05, 0.1) is 18.6 Å². The van der Waals surface area contributed by atoms with Crippen LogP contribution in [0.1, 0.15) is 12.7 Å². The minimum absolute atomic E-state index is 0.359. The third-order valence-electron chi connectivity index (χ3n) is 1.62. The maximum absolute atomic E-state index is 11.1. The third kappa shape index (κ3) is 4.35. The van der Waals surface area contributed by atoms with E-state index in [9.17, 15) is 4.79 Å². The lowest BCUT2D eigenvalue weighted by Gasteiger charge is -2.08. The summed E-state index contributed by atoms with van der Waals surface area (Å²) < 4.78 is 9.67. The van der Waals surface area contributed by atoms with Crippen molar-refractivity contribution in [2.75, 3.05) is 12.4 Å². The van der Waals surface area contributed by atoms with Crippen molar-refractivity contribution >= 4 is 17.7 Å². The number of nitrogens with zero attached hydrogens (tertiary/aromatic N) is 1. The van der Waals surface area contributed by atoms with E-state index in [1.807, 2.05) is 0 Å². The first-order valence-corrected chi connectivity index (χ1v) is 5.79. The van der Waals surface area contributed by atoms with Gasteiger partial charge >= 0.3 is 5.97 Å². The van der Waals surface area contributed by atoms with E-state index in [0.29, 0.717) is 18.1 Å². The molecule has 5 nitrogen and oxygen atoms in total. The van der Waals surface area contributed by atoms with Gasteiger partial charge in [-0.2, -0.15) is 11.8 Å². The van der Waals surface area contributed by atoms with Crippen molar-refractivity contribution in [2.45, 2.75) is 18.7 Å². The van der Waals surface area contributed by atoms with Gasteiger partial charge in [-0.1, -0.05) is 5.16 Å². The van der Waals surface area contributed by atoms with Gasteiger partial charge in [-0.05, 0) is 6.92 Å². The molecule has 0 aliphatic rings. The van der Waals surface area contributed by atoms with Gasteiger partial charge in [0, 0.05) is 11.8 Å². The fraction of sp³-hybridized carbons (Fsp3) is 0.556. The maximum atomic E-state index is 11.1. The van der Waals surface area contributed by atoms with Crippen molar-refractivity contribution < 1.29 is 14.1 Å². The number of carbonyl (C=O) groups excluding carboxylic acids is 1. The second-order valence-corrected chi connectivity index (χ2v) is 3.88. The lowest BCUT2D eigenvalue weighted by molar-refractivity contribution is -0.144. The Morgan fingerprint density at radius 2 is 2.60 bits per heavy atom. The van der Waals surface area contributed by atoms with Crippen LogP contribution >= 0.6 is 11.8 Å². The molecule has 0 spiro atoms. The minimum atomic E-state index is -0.571. The second kappa shape index (κ2) is 6.47. The van der Waals surface area contributed by atoms with E-state index in [2.05, 4.69) is 5.16 Å². The summed E-state index contributed by atoms with van der Waals surface area (Å²) in [6.45, 7) is 2.12. The van der Waals surface area contributed by atoms with E-state index in [1.165, 1.54) is 11.8 Å². The van der Waals surface area contributed by atoms with Crippen LogP contribution in [0, 0.1) is 0 Å². The van der Waals surface area contributed by atoms with E-state index >= 15 is 0 Å². The van der Waals surface area contributed by atoms with Gasteiger partial charge < -0.3 is 15.0 Å². The summed E-state index contributed by atoms with van der Waals surface area (Å²) in [6.07, 6.45) is 1.58. The molecule has 0 saturated heterocycles. The van der Waals surface area contributed by atoms with Crippen LogP contribution in [0.3, 0.4) is 0 Å². The van der Waals surface area contributed by atoms with Crippen LogP contribution in [-0.2, 0) is 15.3 Å². The molecular weight excluding hydrogens is 216 g/mol. The molecule has 1 unspecified atom stereocenters. The van der Waals surface area contributed by atoms with Gasteiger partial charge in [0.15, 0.2) is 0 Å². The number of nitrogens with two attached hydrogens (primary N) is 1. The predicted octanol–water partition coefficient (Wildman–Crippen LogP) is 0.798. The van der Waals surface area contributed by atoms with E-state index in [0.717, 1.165) is 5.76 Å². The average Bonchev–Trinajstić information content (AvgIpc) is 2.71. The maximum Gasteiger partial charge on any atom is 0.323 e. The van der Waals surface area contributed by atoms with Crippen LogP contribution in [0.4, 0.5) is 0 Å². The zero-order chi connectivity index (χ0) is 11.1. The Labute approximate surface area is 92.3 Å². The van der Waals surface area contributed by atoms with E-state index < -0.39 is 6.04 Å². The number of rotatable bonds is 6. The molecular formula is C9H14N2O3S. The topological polar surface area (TPSA) is 78.4 Å². The highest BCUT2D eigenvalue weighted by molar-refractivity contribution is 7.98. The first-order valence-electron chi connectivity index (χ1n) is 4.63. The standard InChI is InChI=1S/C9H14N2O3S/c1-2-13-9(12)8(10)6-15-5-7-3-4-11-14-7/h3-4,8H,2,5-6,10H2,1H3. The molecule has 2 N–H and O–H groups in total. The van der Waals surface area contributed by atoms with Crippen LogP contribution in [0.2, 0.25) is 0 Å². The molecule has 1 atom stereocenters. The zero-order valence-electron chi connectivity index (χ0n) is 8.51. The fourth-order valence-corrected chi connectivity index (χ4v) is 1.78. The SMILES string of the molecule is CCOC(=O)C(N)CSCc1ccno1. The Morgan fingerprint density at radius 1 is 1.80 bits per heavy atom. The molecule has 0 fully saturated rings. The molecule has 1 heterocycles. The molecule has 0 amide bonds. The molecule has 0 aliphatic carbocycles. The number of hydrogen-bond acceptors (Lipinski definition) is 6. The first kappa shape index (κ1) is 12.1. The highest BCUT2D eigenvalue weighted by Gasteiger charge is 2.14. The minimum Gasteiger partial charge on any atom is -0.465 e. The van der Waals surface area contributed by atoms with Crippen molar-refractivity contribution in [2.24, 2.45) is 5.73 Å². The zero-order valence-corrected chi connectivity index (χ0v) is 9.33. The lowest BCUT2D eigenvalue weighted by atomic mass is 10.4. The van der Waals surface area contributed by atoms with E-state index in [4.69, 9.17) is 15.0 Å². The molecule has 0 bridgehead atoms. The Morgan fingerprint density at radius 3 is 3.20 bits per heavy atom. The molecule has 0 saturated carbocycles. The normalized spacial score (nSPS) is 12.4. The second-order valence-electron chi connectivity index (χ2n) is 2.85. The number of thioether (sulfide) groups is 1. The van der Waals surface area contributed by atoms with Crippen molar-refractivity contribution in [1.82, 2.24) is 5.16 Å². The highest BCUT2D eigenvalue weighted by atomic mass is 32.2. The van der Waals surface area contributed by atoms with Crippen molar-refractivity contribution in [1.29, 1.82) is 0 Å². The van der Waals surface area contributed by atoms with Crippen LogP contribution in [0.15, 0.2) is 16.8 Å². The van der Waals surface area contributed by atoms with Gasteiger partial charge in [-0.25, -0.2) is 0 Å². The Kier molecular flexibility index (Phi) is 5.20. The van der Waals surface area contributed by atoms with Crippen LogP contribution < -0.4 is 5.73 Å².